The zero-order valence-electron chi connectivity index (χ0n) is 13.8. The van der Waals surface area contributed by atoms with Gasteiger partial charge in [0.05, 0.1) is 18.4 Å². The molecule has 0 aliphatic carbocycles. The van der Waals surface area contributed by atoms with E-state index in [-0.39, 0.29) is 18.9 Å². The lowest BCUT2D eigenvalue weighted by atomic mass is 10.0. The van der Waals surface area contributed by atoms with Gasteiger partial charge in [0, 0.05) is 17.0 Å². The highest BCUT2D eigenvalue weighted by atomic mass is 32.1. The molecular weight excluding hydrogens is 336 g/mol. The maximum atomic E-state index is 10.2. The number of aromatic nitrogens is 1. The van der Waals surface area contributed by atoms with Crippen molar-refractivity contribution in [2.24, 2.45) is 0 Å². The molecule has 1 atom stereocenters. The number of aryl methyl sites for hydroxylation is 1. The summed E-state index contributed by atoms with van der Waals surface area (Å²) in [6.07, 6.45) is -0.858. The van der Waals surface area contributed by atoms with E-state index in [9.17, 15) is 10.2 Å². The standard InChI is InChI=1S/C19H20N2O3S/c1-12-4-5-17(24)15(7-12)16-8-13(18-3-2-6-25-18)9-19(21-16)20-10-14(23)11-22/h2-9,14,22-24H,10-11H2,1H3,(H,20,21). The maximum absolute atomic E-state index is 10.2. The number of rotatable bonds is 6. The number of aromatic hydroxyl groups is 1. The molecule has 0 saturated carbocycles. The Kier molecular flexibility index (Phi) is 5.33. The summed E-state index contributed by atoms with van der Waals surface area (Å²) in [5, 5.41) is 33.8. The fourth-order valence-electron chi connectivity index (χ4n) is 2.49. The zero-order chi connectivity index (χ0) is 17.8. The van der Waals surface area contributed by atoms with E-state index >= 15 is 0 Å². The van der Waals surface area contributed by atoms with Crippen LogP contribution in [0.5, 0.6) is 5.75 Å². The number of phenolic OH excluding ortho intramolecular Hbond substituents is 1. The normalized spacial score (nSPS) is 12.1. The van der Waals surface area contributed by atoms with Crippen LogP contribution in [0.2, 0.25) is 0 Å². The van der Waals surface area contributed by atoms with Gasteiger partial charge in [-0.05, 0) is 48.2 Å². The highest BCUT2D eigenvalue weighted by Gasteiger charge is 2.12. The SMILES string of the molecule is Cc1ccc(O)c(-c2cc(-c3cccs3)cc(NCC(O)CO)n2)c1. The smallest absolute Gasteiger partial charge is 0.127 e. The van der Waals surface area contributed by atoms with E-state index in [1.165, 1.54) is 0 Å². The van der Waals surface area contributed by atoms with Gasteiger partial charge in [-0.1, -0.05) is 17.7 Å². The molecule has 1 unspecified atom stereocenters. The highest BCUT2D eigenvalue weighted by molar-refractivity contribution is 7.13. The summed E-state index contributed by atoms with van der Waals surface area (Å²) in [6.45, 7) is 1.84. The minimum absolute atomic E-state index is 0.169. The molecule has 2 heterocycles. The van der Waals surface area contributed by atoms with E-state index in [1.54, 1.807) is 17.4 Å². The number of hydrogen-bond donors (Lipinski definition) is 4. The molecule has 0 spiro atoms. The third kappa shape index (κ3) is 4.17. The van der Waals surface area contributed by atoms with Crippen molar-refractivity contribution in [2.75, 3.05) is 18.5 Å². The molecule has 130 valence electrons. The Morgan fingerprint density at radius 2 is 2.04 bits per heavy atom. The van der Waals surface area contributed by atoms with Crippen LogP contribution < -0.4 is 5.32 Å². The quantitative estimate of drug-likeness (QED) is 0.545. The number of aliphatic hydroxyl groups is 2. The third-order valence-corrected chi connectivity index (χ3v) is 4.71. The van der Waals surface area contributed by atoms with Crippen LogP contribution in [0.25, 0.3) is 21.7 Å². The Bertz CT molecular complexity index is 850. The molecule has 0 fully saturated rings. The summed E-state index contributed by atoms with van der Waals surface area (Å²) >= 11 is 1.62. The van der Waals surface area contributed by atoms with Crippen LogP contribution >= 0.6 is 11.3 Å². The minimum Gasteiger partial charge on any atom is -0.507 e. The van der Waals surface area contributed by atoms with Gasteiger partial charge < -0.3 is 20.6 Å². The molecule has 3 rings (SSSR count). The largest absolute Gasteiger partial charge is 0.507 e. The Labute approximate surface area is 150 Å². The maximum Gasteiger partial charge on any atom is 0.127 e. The molecule has 5 nitrogen and oxygen atoms in total. The van der Waals surface area contributed by atoms with E-state index < -0.39 is 6.10 Å². The van der Waals surface area contributed by atoms with Crippen LogP contribution in [0.1, 0.15) is 5.56 Å². The number of phenols is 1. The van der Waals surface area contributed by atoms with Gasteiger partial charge in [0.15, 0.2) is 0 Å². The number of aliphatic hydroxyl groups excluding tert-OH is 2. The first-order valence-electron chi connectivity index (χ1n) is 7.95. The number of nitrogens with one attached hydrogen (secondary N) is 1. The van der Waals surface area contributed by atoms with Crippen molar-refractivity contribution in [2.45, 2.75) is 13.0 Å². The van der Waals surface area contributed by atoms with Crippen molar-refractivity contribution in [1.82, 2.24) is 4.98 Å². The van der Waals surface area contributed by atoms with Crippen LogP contribution in [0.15, 0.2) is 47.8 Å². The minimum atomic E-state index is -0.858. The predicted octanol–water partition coefficient (Wildman–Crippen LogP) is 3.26. The molecule has 0 saturated heterocycles. The fraction of sp³-hybridized carbons (Fsp3) is 0.211. The Morgan fingerprint density at radius 1 is 1.20 bits per heavy atom. The topological polar surface area (TPSA) is 85.6 Å². The van der Waals surface area contributed by atoms with Crippen molar-refractivity contribution >= 4 is 17.2 Å². The molecule has 0 aliphatic rings. The third-order valence-electron chi connectivity index (χ3n) is 3.79. The summed E-state index contributed by atoms with van der Waals surface area (Å²) in [7, 11) is 0. The molecule has 0 amide bonds. The van der Waals surface area contributed by atoms with E-state index in [2.05, 4.69) is 10.3 Å². The summed E-state index contributed by atoms with van der Waals surface area (Å²) < 4.78 is 0. The van der Waals surface area contributed by atoms with E-state index in [4.69, 9.17) is 5.11 Å². The number of pyridine rings is 1. The van der Waals surface area contributed by atoms with E-state index in [1.807, 2.05) is 48.7 Å². The van der Waals surface area contributed by atoms with Crippen molar-refractivity contribution in [3.05, 3.63) is 53.4 Å². The molecule has 25 heavy (non-hydrogen) atoms. The first kappa shape index (κ1) is 17.4. The predicted molar refractivity (Wildman–Crippen MR) is 101 cm³/mol. The molecule has 0 aliphatic heterocycles. The Balaban J connectivity index is 2.04. The van der Waals surface area contributed by atoms with Crippen molar-refractivity contribution in [3.8, 4) is 27.4 Å². The lowest BCUT2D eigenvalue weighted by Gasteiger charge is -2.13. The van der Waals surface area contributed by atoms with Gasteiger partial charge in [-0.2, -0.15) is 0 Å². The summed E-state index contributed by atoms with van der Waals surface area (Å²) in [4.78, 5) is 5.65. The van der Waals surface area contributed by atoms with Crippen LogP contribution in [0.3, 0.4) is 0 Å². The van der Waals surface area contributed by atoms with Gasteiger partial charge in [-0.15, -0.1) is 11.3 Å². The summed E-state index contributed by atoms with van der Waals surface area (Å²) in [5.41, 5.74) is 3.31. The van der Waals surface area contributed by atoms with Gasteiger partial charge in [-0.3, -0.25) is 0 Å². The lowest BCUT2D eigenvalue weighted by molar-refractivity contribution is 0.105. The van der Waals surface area contributed by atoms with E-state index in [0.29, 0.717) is 17.1 Å². The second kappa shape index (κ2) is 7.65. The Hall–Kier alpha value is -2.41. The fourth-order valence-corrected chi connectivity index (χ4v) is 3.20. The summed E-state index contributed by atoms with van der Waals surface area (Å²) in [5.74, 6) is 0.747. The van der Waals surface area contributed by atoms with Crippen LogP contribution in [0, 0.1) is 6.92 Å². The van der Waals surface area contributed by atoms with Crippen molar-refractivity contribution in [3.63, 3.8) is 0 Å². The van der Waals surface area contributed by atoms with E-state index in [0.717, 1.165) is 16.0 Å². The van der Waals surface area contributed by atoms with Crippen molar-refractivity contribution in [1.29, 1.82) is 0 Å². The molecule has 1 aromatic carbocycles. The van der Waals surface area contributed by atoms with Crippen molar-refractivity contribution < 1.29 is 15.3 Å². The molecule has 2 aromatic heterocycles. The van der Waals surface area contributed by atoms with Crippen LogP contribution in [-0.2, 0) is 0 Å². The molecular formula is C19H20N2O3S. The summed E-state index contributed by atoms with van der Waals surface area (Å²) in [6, 6.07) is 13.2. The average Bonchev–Trinajstić information content (AvgIpc) is 3.16. The van der Waals surface area contributed by atoms with Gasteiger partial charge in [0.2, 0.25) is 0 Å². The molecule has 0 bridgehead atoms. The van der Waals surface area contributed by atoms with Crippen LogP contribution in [0.4, 0.5) is 5.82 Å². The second-order valence-electron chi connectivity index (χ2n) is 5.84. The van der Waals surface area contributed by atoms with Gasteiger partial charge >= 0.3 is 0 Å². The number of anilines is 1. The van der Waals surface area contributed by atoms with Gasteiger partial charge in [0.25, 0.3) is 0 Å². The number of nitrogens with zero attached hydrogens (tertiary/aromatic N) is 1. The number of hydrogen-bond acceptors (Lipinski definition) is 6. The molecule has 3 aromatic rings. The first-order valence-corrected chi connectivity index (χ1v) is 8.83. The number of benzene rings is 1. The first-order chi connectivity index (χ1) is 12.1. The highest BCUT2D eigenvalue weighted by Crippen LogP contribution is 2.34. The monoisotopic (exact) mass is 356 g/mol. The number of thiophene rings is 1. The van der Waals surface area contributed by atoms with Gasteiger partial charge in [-0.25, -0.2) is 4.98 Å². The van der Waals surface area contributed by atoms with Gasteiger partial charge in [0.1, 0.15) is 11.6 Å². The second-order valence-corrected chi connectivity index (χ2v) is 6.79. The zero-order valence-corrected chi connectivity index (χ0v) is 14.6. The Morgan fingerprint density at radius 3 is 2.76 bits per heavy atom. The average molecular weight is 356 g/mol. The molecule has 4 N–H and O–H groups in total. The molecule has 6 heteroatoms. The van der Waals surface area contributed by atoms with Crippen LogP contribution in [-0.4, -0.2) is 39.6 Å². The molecule has 0 radical (unpaired) electrons. The lowest BCUT2D eigenvalue weighted by Crippen LogP contribution is -2.23.